The van der Waals surface area contributed by atoms with Gasteiger partial charge in [0.1, 0.15) is 0 Å². The van der Waals surface area contributed by atoms with Crippen LogP contribution >= 0.6 is 0 Å². The average molecular weight is 159 g/mol. The average Bonchev–Trinajstić information content (AvgIpc) is 2.04. The second-order valence-corrected chi connectivity index (χ2v) is 2.81. The minimum Gasteiger partial charge on any atom is -0.465 e. The molecule has 2 N–H and O–H groups in total. The number of likely N-dealkylation sites (tertiary alicyclic amines) is 1. The molecule has 0 bridgehead atoms. The van der Waals surface area contributed by atoms with Gasteiger partial charge >= 0.3 is 6.09 Å². The molecule has 0 aliphatic carbocycles. The van der Waals surface area contributed by atoms with E-state index in [1.165, 1.54) is 4.90 Å². The Balaban J connectivity index is 2.51. The second kappa shape index (κ2) is 3.57. The van der Waals surface area contributed by atoms with E-state index in [1.54, 1.807) is 0 Å². The van der Waals surface area contributed by atoms with Gasteiger partial charge in [-0.1, -0.05) is 0 Å². The molecule has 11 heavy (non-hydrogen) atoms. The number of piperidine rings is 1. The van der Waals surface area contributed by atoms with Gasteiger partial charge in [0.15, 0.2) is 0 Å². The summed E-state index contributed by atoms with van der Waals surface area (Å²) < 4.78 is 0. The summed E-state index contributed by atoms with van der Waals surface area (Å²) in [7, 11) is 0. The maximum absolute atomic E-state index is 10.5. The molecule has 0 aromatic carbocycles. The van der Waals surface area contributed by atoms with Crippen LogP contribution in [0.5, 0.6) is 0 Å². The van der Waals surface area contributed by atoms with Crippen LogP contribution in [0, 0.1) is 0 Å². The summed E-state index contributed by atoms with van der Waals surface area (Å²) in [6.07, 6.45) is 1.82. The summed E-state index contributed by atoms with van der Waals surface area (Å²) in [4.78, 5) is 11.9. The van der Waals surface area contributed by atoms with Crippen LogP contribution in [0.15, 0.2) is 0 Å². The van der Waals surface area contributed by atoms with Crippen molar-refractivity contribution < 1.29 is 15.0 Å². The first-order chi connectivity index (χ1) is 5.25. The van der Waals surface area contributed by atoms with Gasteiger partial charge in [-0.2, -0.15) is 0 Å². The molecule has 4 nitrogen and oxygen atoms in total. The van der Waals surface area contributed by atoms with Crippen LogP contribution < -0.4 is 0 Å². The van der Waals surface area contributed by atoms with Crippen LogP contribution in [-0.4, -0.2) is 40.4 Å². The molecule has 0 saturated carbocycles. The molecule has 1 unspecified atom stereocenters. The van der Waals surface area contributed by atoms with Crippen molar-refractivity contribution in [2.24, 2.45) is 0 Å². The SMILES string of the molecule is O=C(O)N1CCCCC1CO. The Kier molecular flexibility index (Phi) is 2.70. The summed E-state index contributed by atoms with van der Waals surface area (Å²) in [5.74, 6) is 0. The fourth-order valence-electron chi connectivity index (χ4n) is 1.44. The second-order valence-electron chi connectivity index (χ2n) is 2.81. The fraction of sp³-hybridized carbons (Fsp3) is 0.857. The lowest BCUT2D eigenvalue weighted by Crippen LogP contribution is -2.44. The lowest BCUT2D eigenvalue weighted by molar-refractivity contribution is 0.0779. The van der Waals surface area contributed by atoms with E-state index < -0.39 is 6.09 Å². The van der Waals surface area contributed by atoms with E-state index in [1.807, 2.05) is 0 Å². The minimum absolute atomic E-state index is 0.0493. The molecule has 1 rings (SSSR count). The zero-order chi connectivity index (χ0) is 8.27. The largest absolute Gasteiger partial charge is 0.465 e. The summed E-state index contributed by atoms with van der Waals surface area (Å²) in [6, 6.07) is -0.166. The highest BCUT2D eigenvalue weighted by molar-refractivity contribution is 5.65. The summed E-state index contributed by atoms with van der Waals surface area (Å²) >= 11 is 0. The highest BCUT2D eigenvalue weighted by Gasteiger charge is 2.24. The van der Waals surface area contributed by atoms with Crippen molar-refractivity contribution in [3.63, 3.8) is 0 Å². The predicted molar refractivity (Wildman–Crippen MR) is 39.5 cm³/mol. The van der Waals surface area contributed by atoms with Gasteiger partial charge in [0.2, 0.25) is 0 Å². The molecular formula is C7H13NO3. The van der Waals surface area contributed by atoms with Crippen LogP contribution in [0.2, 0.25) is 0 Å². The first-order valence-electron chi connectivity index (χ1n) is 3.86. The number of rotatable bonds is 1. The zero-order valence-corrected chi connectivity index (χ0v) is 6.36. The molecule has 1 aliphatic heterocycles. The normalized spacial score (nSPS) is 25.2. The van der Waals surface area contributed by atoms with Gasteiger partial charge in [-0.25, -0.2) is 4.79 Å². The quantitative estimate of drug-likeness (QED) is 0.586. The van der Waals surface area contributed by atoms with E-state index in [0.29, 0.717) is 6.54 Å². The van der Waals surface area contributed by atoms with Gasteiger partial charge in [0.05, 0.1) is 12.6 Å². The molecule has 0 spiro atoms. The maximum Gasteiger partial charge on any atom is 0.407 e. The molecule has 1 atom stereocenters. The number of aliphatic hydroxyl groups is 1. The fourth-order valence-corrected chi connectivity index (χ4v) is 1.44. The molecule has 0 aromatic heterocycles. The highest BCUT2D eigenvalue weighted by atomic mass is 16.4. The third-order valence-electron chi connectivity index (χ3n) is 2.08. The van der Waals surface area contributed by atoms with Crippen molar-refractivity contribution in [3.05, 3.63) is 0 Å². The van der Waals surface area contributed by atoms with Crippen LogP contribution in [0.3, 0.4) is 0 Å². The first kappa shape index (κ1) is 8.33. The molecule has 1 fully saturated rings. The van der Waals surface area contributed by atoms with Gasteiger partial charge in [-0.3, -0.25) is 0 Å². The van der Waals surface area contributed by atoms with Gasteiger partial charge in [-0.05, 0) is 19.3 Å². The third-order valence-corrected chi connectivity index (χ3v) is 2.08. The number of aliphatic hydroxyl groups excluding tert-OH is 1. The molecule has 1 amide bonds. The Labute approximate surface area is 65.4 Å². The molecular weight excluding hydrogens is 146 g/mol. The first-order valence-corrected chi connectivity index (χ1v) is 3.86. The Hall–Kier alpha value is -0.770. The maximum atomic E-state index is 10.5. The van der Waals surface area contributed by atoms with E-state index in [0.717, 1.165) is 19.3 Å². The van der Waals surface area contributed by atoms with Crippen molar-refractivity contribution >= 4 is 6.09 Å². The van der Waals surface area contributed by atoms with Crippen LogP contribution in [0.25, 0.3) is 0 Å². The van der Waals surface area contributed by atoms with Crippen molar-refractivity contribution in [1.82, 2.24) is 4.90 Å². The van der Waals surface area contributed by atoms with Crippen molar-refractivity contribution in [2.75, 3.05) is 13.2 Å². The molecule has 1 saturated heterocycles. The summed E-state index contributed by atoms with van der Waals surface area (Å²) in [5, 5.41) is 17.5. The van der Waals surface area contributed by atoms with Crippen LogP contribution in [-0.2, 0) is 0 Å². The molecule has 0 aromatic rings. The third kappa shape index (κ3) is 1.83. The Bertz CT molecular complexity index is 149. The topological polar surface area (TPSA) is 60.8 Å². The van der Waals surface area contributed by atoms with E-state index in [2.05, 4.69) is 0 Å². The van der Waals surface area contributed by atoms with E-state index in [9.17, 15) is 4.79 Å². The Morgan fingerprint density at radius 2 is 2.27 bits per heavy atom. The van der Waals surface area contributed by atoms with E-state index in [4.69, 9.17) is 10.2 Å². The lowest BCUT2D eigenvalue weighted by Gasteiger charge is -2.31. The number of hydrogen-bond donors (Lipinski definition) is 2. The van der Waals surface area contributed by atoms with Crippen molar-refractivity contribution in [1.29, 1.82) is 0 Å². The number of amides is 1. The van der Waals surface area contributed by atoms with Gasteiger partial charge in [0, 0.05) is 6.54 Å². The van der Waals surface area contributed by atoms with Gasteiger partial charge < -0.3 is 15.1 Å². The zero-order valence-electron chi connectivity index (χ0n) is 6.36. The van der Waals surface area contributed by atoms with Crippen molar-refractivity contribution in [2.45, 2.75) is 25.3 Å². The predicted octanol–water partition coefficient (Wildman–Crippen LogP) is 0.511. The number of nitrogens with zero attached hydrogens (tertiary/aromatic N) is 1. The molecule has 64 valence electrons. The van der Waals surface area contributed by atoms with Crippen LogP contribution in [0.1, 0.15) is 19.3 Å². The molecule has 1 aliphatic rings. The molecule has 4 heteroatoms. The number of carboxylic acid groups (broad SMARTS) is 1. The van der Waals surface area contributed by atoms with Gasteiger partial charge in [-0.15, -0.1) is 0 Å². The van der Waals surface area contributed by atoms with Crippen molar-refractivity contribution in [3.8, 4) is 0 Å². The monoisotopic (exact) mass is 159 g/mol. The van der Waals surface area contributed by atoms with E-state index >= 15 is 0 Å². The Morgan fingerprint density at radius 1 is 1.55 bits per heavy atom. The minimum atomic E-state index is -0.913. The van der Waals surface area contributed by atoms with Crippen LogP contribution in [0.4, 0.5) is 4.79 Å². The number of carbonyl (C=O) groups is 1. The highest BCUT2D eigenvalue weighted by Crippen LogP contribution is 2.15. The van der Waals surface area contributed by atoms with Gasteiger partial charge in [0.25, 0.3) is 0 Å². The Morgan fingerprint density at radius 3 is 2.73 bits per heavy atom. The summed E-state index contributed by atoms with van der Waals surface area (Å²) in [5.41, 5.74) is 0. The molecule has 0 radical (unpaired) electrons. The van der Waals surface area contributed by atoms with E-state index in [-0.39, 0.29) is 12.6 Å². The molecule has 1 heterocycles. The number of hydrogen-bond acceptors (Lipinski definition) is 2. The standard InChI is InChI=1S/C7H13NO3/c9-5-6-3-1-2-4-8(6)7(10)11/h6,9H,1-5H2,(H,10,11). The lowest BCUT2D eigenvalue weighted by atomic mass is 10.0. The smallest absolute Gasteiger partial charge is 0.407 e. The summed E-state index contributed by atoms with van der Waals surface area (Å²) in [6.45, 7) is 0.521.